The van der Waals surface area contributed by atoms with E-state index in [0.29, 0.717) is 5.88 Å². The fourth-order valence-electron chi connectivity index (χ4n) is 3.97. The Kier molecular flexibility index (Phi) is 3.88. The van der Waals surface area contributed by atoms with Crippen molar-refractivity contribution in [1.29, 1.82) is 0 Å². The molecule has 1 amide bonds. The van der Waals surface area contributed by atoms with Crippen molar-refractivity contribution in [1.82, 2.24) is 10.3 Å². The molecule has 1 unspecified atom stereocenters. The summed E-state index contributed by atoms with van der Waals surface area (Å²) in [4.78, 5) is 16.7. The van der Waals surface area contributed by atoms with Crippen molar-refractivity contribution >= 4 is 6.09 Å². The Morgan fingerprint density at radius 3 is 2.87 bits per heavy atom. The Bertz CT molecular complexity index is 708. The fraction of sp³-hybridized carbons (Fsp3) is 0.444. The summed E-state index contributed by atoms with van der Waals surface area (Å²) in [6.07, 6.45) is 5.49. The van der Waals surface area contributed by atoms with Gasteiger partial charge in [0.15, 0.2) is 0 Å². The Hall–Kier alpha value is -2.30. The molecule has 1 aromatic rings. The lowest BCUT2D eigenvalue weighted by molar-refractivity contribution is 0.155. The van der Waals surface area contributed by atoms with Crippen LogP contribution in [0.15, 0.2) is 35.4 Å². The summed E-state index contributed by atoms with van der Waals surface area (Å²) in [6.45, 7) is 4.13. The quantitative estimate of drug-likeness (QED) is 0.852. The van der Waals surface area contributed by atoms with E-state index in [2.05, 4.69) is 29.4 Å². The lowest BCUT2D eigenvalue weighted by Gasteiger charge is -2.47. The maximum absolute atomic E-state index is 12.1. The Balaban J connectivity index is 2.21. The average Bonchev–Trinajstić information content (AvgIpc) is 2.53. The third-order valence-electron chi connectivity index (χ3n) is 4.76. The zero-order chi connectivity index (χ0) is 16.6. The fourth-order valence-corrected chi connectivity index (χ4v) is 3.97. The van der Waals surface area contributed by atoms with Crippen LogP contribution in [0.3, 0.4) is 0 Å². The van der Waals surface area contributed by atoms with E-state index in [1.807, 2.05) is 19.1 Å². The van der Waals surface area contributed by atoms with Crippen LogP contribution >= 0.6 is 0 Å². The number of fused-ring (bicyclic) bond motifs is 4. The van der Waals surface area contributed by atoms with Gasteiger partial charge in [0.25, 0.3) is 0 Å². The van der Waals surface area contributed by atoms with Crippen molar-refractivity contribution in [2.24, 2.45) is 5.92 Å². The van der Waals surface area contributed by atoms with Crippen LogP contribution in [0.2, 0.25) is 0 Å². The zero-order valence-electron chi connectivity index (χ0n) is 14.0. The first-order valence-corrected chi connectivity index (χ1v) is 7.78. The van der Waals surface area contributed by atoms with Gasteiger partial charge >= 0.3 is 6.09 Å². The van der Waals surface area contributed by atoms with Gasteiger partial charge in [0.1, 0.15) is 0 Å². The molecule has 23 heavy (non-hydrogen) atoms. The van der Waals surface area contributed by atoms with Crippen LogP contribution in [0, 0.1) is 5.92 Å². The summed E-state index contributed by atoms with van der Waals surface area (Å²) >= 11 is 0. The summed E-state index contributed by atoms with van der Waals surface area (Å²) in [5, 5.41) is 3.09. The molecule has 5 heteroatoms. The number of aromatic nitrogens is 1. The predicted molar refractivity (Wildman–Crippen MR) is 87.3 cm³/mol. The maximum atomic E-state index is 12.1. The van der Waals surface area contributed by atoms with Crippen LogP contribution in [0.4, 0.5) is 4.79 Å². The standard InChI is InChI=1S/C18H22N2O3/c1-5-13-12-8-11(2)10-18(13,20-17(21)23-4)14-6-7-16(22-3)19-15(14)9-12/h5-8,12H,9-10H2,1-4H3,(H,20,21)/b13-5+/t12?,18-/m1/s1. The third kappa shape index (κ3) is 2.40. The molecule has 2 aliphatic carbocycles. The predicted octanol–water partition coefficient (Wildman–Crippen LogP) is 3.11. The van der Waals surface area contributed by atoms with E-state index in [4.69, 9.17) is 9.47 Å². The Labute approximate surface area is 136 Å². The number of hydrogen-bond donors (Lipinski definition) is 1. The first-order valence-electron chi connectivity index (χ1n) is 7.78. The summed E-state index contributed by atoms with van der Waals surface area (Å²) in [7, 11) is 3.00. The molecule has 0 aliphatic heterocycles. The molecular weight excluding hydrogens is 292 g/mol. The number of methoxy groups -OCH3 is 2. The van der Waals surface area contributed by atoms with E-state index in [1.165, 1.54) is 18.3 Å². The third-order valence-corrected chi connectivity index (χ3v) is 4.76. The molecule has 1 N–H and O–H groups in total. The number of hydrogen-bond acceptors (Lipinski definition) is 4. The lowest BCUT2D eigenvalue weighted by atomic mass is 9.63. The highest BCUT2D eigenvalue weighted by molar-refractivity contribution is 5.71. The van der Waals surface area contributed by atoms with E-state index < -0.39 is 11.6 Å². The first kappa shape index (κ1) is 15.6. The van der Waals surface area contributed by atoms with E-state index >= 15 is 0 Å². The van der Waals surface area contributed by atoms with Crippen LogP contribution in [0.1, 0.15) is 31.5 Å². The van der Waals surface area contributed by atoms with Gasteiger partial charge < -0.3 is 14.8 Å². The largest absolute Gasteiger partial charge is 0.481 e. The van der Waals surface area contributed by atoms with Gasteiger partial charge in [-0.3, -0.25) is 0 Å². The highest BCUT2D eigenvalue weighted by Gasteiger charge is 2.48. The average molecular weight is 314 g/mol. The summed E-state index contributed by atoms with van der Waals surface area (Å²) < 4.78 is 10.1. The number of carbonyl (C=O) groups excluding carboxylic acids is 1. The summed E-state index contributed by atoms with van der Waals surface area (Å²) in [5.74, 6) is 0.831. The molecule has 2 atom stereocenters. The number of nitrogens with one attached hydrogen (secondary N) is 1. The van der Waals surface area contributed by atoms with Gasteiger partial charge in [-0.25, -0.2) is 9.78 Å². The molecule has 0 fully saturated rings. The maximum Gasteiger partial charge on any atom is 0.407 e. The molecule has 3 rings (SSSR count). The molecule has 0 saturated carbocycles. The monoisotopic (exact) mass is 314 g/mol. The molecule has 5 nitrogen and oxygen atoms in total. The second kappa shape index (κ2) is 5.72. The SMILES string of the molecule is C/C=C1\C2C=C(C)C[C@]1(NC(=O)OC)c1ccc(OC)nc1C2. The van der Waals surface area contributed by atoms with E-state index in [1.54, 1.807) is 7.11 Å². The van der Waals surface area contributed by atoms with Crippen molar-refractivity contribution in [2.45, 2.75) is 32.2 Å². The number of nitrogens with zero attached hydrogens (tertiary/aromatic N) is 1. The number of pyridine rings is 1. The van der Waals surface area contributed by atoms with Crippen molar-refractivity contribution in [2.75, 3.05) is 14.2 Å². The number of alkyl carbamates (subject to hydrolysis) is 1. The number of allylic oxidation sites excluding steroid dienone is 2. The van der Waals surface area contributed by atoms with Crippen molar-refractivity contribution in [3.05, 3.63) is 46.7 Å². The molecule has 0 saturated heterocycles. The van der Waals surface area contributed by atoms with E-state index in [0.717, 1.165) is 24.1 Å². The Morgan fingerprint density at radius 1 is 1.43 bits per heavy atom. The van der Waals surface area contributed by atoms with Gasteiger partial charge in [-0.2, -0.15) is 0 Å². The molecule has 1 aromatic heterocycles. The topological polar surface area (TPSA) is 60.5 Å². The van der Waals surface area contributed by atoms with Crippen molar-refractivity contribution in [3.63, 3.8) is 0 Å². The van der Waals surface area contributed by atoms with Gasteiger partial charge in [0.2, 0.25) is 5.88 Å². The highest BCUT2D eigenvalue weighted by atomic mass is 16.5. The van der Waals surface area contributed by atoms with Crippen LogP contribution in [-0.4, -0.2) is 25.3 Å². The second-order valence-electron chi connectivity index (χ2n) is 6.11. The van der Waals surface area contributed by atoms with Gasteiger partial charge in [-0.05, 0) is 31.9 Å². The van der Waals surface area contributed by atoms with Gasteiger partial charge in [-0.15, -0.1) is 0 Å². The lowest BCUT2D eigenvalue weighted by Crippen LogP contribution is -2.53. The normalized spacial score (nSPS) is 27.0. The number of rotatable bonds is 2. The second-order valence-corrected chi connectivity index (χ2v) is 6.11. The molecule has 0 aromatic carbocycles. The molecule has 0 radical (unpaired) electrons. The molecule has 0 spiro atoms. The summed E-state index contributed by atoms with van der Waals surface area (Å²) in [6, 6.07) is 3.86. The van der Waals surface area contributed by atoms with Crippen LogP contribution in [0.25, 0.3) is 0 Å². The zero-order valence-corrected chi connectivity index (χ0v) is 14.0. The highest BCUT2D eigenvalue weighted by Crippen LogP contribution is 2.49. The van der Waals surface area contributed by atoms with Gasteiger partial charge in [0, 0.05) is 24.0 Å². The number of carbonyl (C=O) groups is 1. The molecular formula is C18H22N2O3. The minimum absolute atomic E-state index is 0.234. The number of amides is 1. The molecule has 1 heterocycles. The van der Waals surface area contributed by atoms with Crippen LogP contribution < -0.4 is 10.1 Å². The van der Waals surface area contributed by atoms with Crippen molar-refractivity contribution < 1.29 is 14.3 Å². The summed E-state index contributed by atoms with van der Waals surface area (Å²) in [5.41, 5.74) is 3.88. The van der Waals surface area contributed by atoms with E-state index in [9.17, 15) is 4.79 Å². The molecule has 2 bridgehead atoms. The number of ether oxygens (including phenoxy) is 2. The minimum Gasteiger partial charge on any atom is -0.481 e. The van der Waals surface area contributed by atoms with Crippen molar-refractivity contribution in [3.8, 4) is 5.88 Å². The molecule has 122 valence electrons. The molecule has 2 aliphatic rings. The van der Waals surface area contributed by atoms with Crippen LogP contribution in [-0.2, 0) is 16.7 Å². The minimum atomic E-state index is -0.585. The first-order chi connectivity index (χ1) is 11.0. The van der Waals surface area contributed by atoms with E-state index in [-0.39, 0.29) is 5.92 Å². The Morgan fingerprint density at radius 2 is 2.22 bits per heavy atom. The van der Waals surface area contributed by atoms with Crippen LogP contribution in [0.5, 0.6) is 5.88 Å². The van der Waals surface area contributed by atoms with Gasteiger partial charge in [0.05, 0.1) is 25.5 Å². The van der Waals surface area contributed by atoms with Gasteiger partial charge in [-0.1, -0.05) is 17.7 Å². The smallest absolute Gasteiger partial charge is 0.407 e.